The van der Waals surface area contributed by atoms with Crippen LogP contribution in [0.25, 0.3) is 0 Å². The van der Waals surface area contributed by atoms with E-state index in [4.69, 9.17) is 5.11 Å². The van der Waals surface area contributed by atoms with Gasteiger partial charge >= 0.3 is 0 Å². The maximum atomic E-state index is 8.06. The minimum atomic E-state index is -0.167. The summed E-state index contributed by atoms with van der Waals surface area (Å²) < 4.78 is 0. The highest BCUT2D eigenvalue weighted by atomic mass is 32.1. The first-order chi connectivity index (χ1) is 6.23. The van der Waals surface area contributed by atoms with E-state index in [0.717, 1.165) is 0 Å². The van der Waals surface area contributed by atoms with Gasteiger partial charge in [0, 0.05) is 6.10 Å². The lowest BCUT2D eigenvalue weighted by Gasteiger charge is -1.80. The Morgan fingerprint density at radius 3 is 1.54 bits per heavy atom. The van der Waals surface area contributed by atoms with Crippen molar-refractivity contribution >= 4 is 11.3 Å². The molecule has 72 valence electrons. The molecular weight excluding hydrogens is 180 g/mol. The van der Waals surface area contributed by atoms with E-state index in [-0.39, 0.29) is 6.10 Å². The third-order valence-corrected chi connectivity index (χ3v) is 1.50. The van der Waals surface area contributed by atoms with E-state index >= 15 is 0 Å². The Hall–Kier alpha value is -0.860. The summed E-state index contributed by atoms with van der Waals surface area (Å²) >= 11 is 1.68. The highest BCUT2D eigenvalue weighted by molar-refractivity contribution is 7.07. The van der Waals surface area contributed by atoms with Crippen molar-refractivity contribution < 1.29 is 5.11 Å². The molecule has 1 N–H and O–H groups in total. The quantitative estimate of drug-likeness (QED) is 0.675. The van der Waals surface area contributed by atoms with Crippen LogP contribution in [0, 0.1) is 0 Å². The molecule has 0 atom stereocenters. The number of hydrogen-bond donors (Lipinski definition) is 1. The summed E-state index contributed by atoms with van der Waals surface area (Å²) in [5, 5.41) is 12.1. The number of aliphatic hydroxyl groups excluding tert-OH is 1. The van der Waals surface area contributed by atoms with Gasteiger partial charge < -0.3 is 5.11 Å². The molecule has 1 aromatic rings. The Morgan fingerprint density at radius 2 is 1.15 bits per heavy atom. The minimum absolute atomic E-state index is 0.167. The van der Waals surface area contributed by atoms with Crippen LogP contribution < -0.4 is 0 Å². The van der Waals surface area contributed by atoms with Gasteiger partial charge in [0.25, 0.3) is 0 Å². The van der Waals surface area contributed by atoms with Crippen molar-refractivity contribution in [3.05, 3.63) is 47.2 Å². The molecule has 0 saturated heterocycles. The van der Waals surface area contributed by atoms with Crippen LogP contribution in [0.1, 0.15) is 13.8 Å². The lowest BCUT2D eigenvalue weighted by Crippen LogP contribution is -1.85. The zero-order chi connectivity index (χ0) is 9.94. The smallest absolute Gasteiger partial charge is 0.0483 e. The Balaban J connectivity index is 0.000000310. The van der Waals surface area contributed by atoms with E-state index in [0.29, 0.717) is 0 Å². The third kappa shape index (κ3) is 14.0. The second kappa shape index (κ2) is 9.23. The predicted molar refractivity (Wildman–Crippen MR) is 59.3 cm³/mol. The fraction of sp³-hybridized carbons (Fsp3) is 0.273. The monoisotopic (exact) mass is 196 g/mol. The van der Waals surface area contributed by atoms with E-state index < -0.39 is 0 Å². The third-order valence-electron chi connectivity index (χ3n) is 0.870. The molecule has 0 aliphatic rings. The van der Waals surface area contributed by atoms with Crippen LogP contribution in [0.3, 0.4) is 0 Å². The fourth-order valence-electron chi connectivity index (χ4n) is 0.483. The van der Waals surface area contributed by atoms with Gasteiger partial charge in [0.15, 0.2) is 0 Å². The molecule has 0 radical (unpaired) electrons. The summed E-state index contributed by atoms with van der Waals surface area (Å²) in [5.41, 5.74) is 0. The van der Waals surface area contributed by atoms with Gasteiger partial charge in [0.2, 0.25) is 0 Å². The fourth-order valence-corrected chi connectivity index (χ4v) is 0.937. The lowest BCUT2D eigenvalue weighted by atomic mass is 10.5. The first kappa shape index (κ1) is 12.1. The van der Waals surface area contributed by atoms with Gasteiger partial charge in [-0.1, -0.05) is 36.4 Å². The van der Waals surface area contributed by atoms with Crippen molar-refractivity contribution in [2.75, 3.05) is 0 Å². The molecule has 1 rings (SSSR count). The first-order valence-electron chi connectivity index (χ1n) is 4.22. The van der Waals surface area contributed by atoms with Crippen LogP contribution in [0.2, 0.25) is 0 Å². The second-order valence-corrected chi connectivity index (χ2v) is 3.47. The number of rotatable bonds is 0. The molecule has 0 fully saturated rings. The van der Waals surface area contributed by atoms with Crippen LogP contribution in [-0.4, -0.2) is 11.2 Å². The molecule has 0 aliphatic carbocycles. The molecule has 0 spiro atoms. The van der Waals surface area contributed by atoms with Gasteiger partial charge in [-0.15, -0.1) is 0 Å². The van der Waals surface area contributed by atoms with Crippen molar-refractivity contribution in [3.63, 3.8) is 0 Å². The molecule has 1 aromatic heterocycles. The Bertz CT molecular complexity index is 164. The predicted octanol–water partition coefficient (Wildman–Crippen LogP) is 3.26. The second-order valence-electron chi connectivity index (χ2n) is 2.66. The number of aliphatic hydroxyl groups is 1. The van der Waals surface area contributed by atoms with Gasteiger partial charge in [-0.05, 0) is 24.6 Å². The minimum Gasteiger partial charge on any atom is -0.394 e. The van der Waals surface area contributed by atoms with Crippen LogP contribution in [0.4, 0.5) is 0 Å². The molecule has 0 saturated carbocycles. The summed E-state index contributed by atoms with van der Waals surface area (Å²) in [4.78, 5) is 0. The zero-order valence-electron chi connectivity index (χ0n) is 8.05. The normalized spacial score (nSPS) is 8.31. The molecule has 0 aliphatic heterocycles. The van der Waals surface area contributed by atoms with E-state index in [1.54, 1.807) is 25.2 Å². The molecular formula is C11H16OS. The molecule has 13 heavy (non-hydrogen) atoms. The number of hydrogen-bond acceptors (Lipinski definition) is 2. The summed E-state index contributed by atoms with van der Waals surface area (Å²) in [6.45, 7) is 3.44. The maximum Gasteiger partial charge on any atom is 0.0483 e. The average Bonchev–Trinajstić information content (AvgIpc) is 2.16. The standard InChI is InChI=1S/C8H8S.C3H8O/c1-2-4-6-8-9-7-5-3-1;1-3(2)4/h1-8H;3-4H,1-2H3. The molecule has 0 unspecified atom stereocenters. The molecule has 0 aromatic carbocycles. The van der Waals surface area contributed by atoms with Gasteiger partial charge in [-0.2, -0.15) is 11.3 Å². The molecule has 1 heterocycles. The van der Waals surface area contributed by atoms with Crippen LogP contribution in [0.15, 0.2) is 47.2 Å². The highest BCUT2D eigenvalue weighted by Crippen LogP contribution is 1.88. The Labute approximate surface area is 84.0 Å². The molecule has 0 bridgehead atoms. The summed E-state index contributed by atoms with van der Waals surface area (Å²) in [7, 11) is 0. The SMILES string of the molecule is CC(C)O.c1ccccsccc1. The lowest BCUT2D eigenvalue weighted by molar-refractivity contribution is 0.216. The maximum absolute atomic E-state index is 8.06. The zero-order valence-corrected chi connectivity index (χ0v) is 8.87. The van der Waals surface area contributed by atoms with Crippen molar-refractivity contribution in [2.45, 2.75) is 20.0 Å². The van der Waals surface area contributed by atoms with E-state index in [2.05, 4.69) is 0 Å². The highest BCUT2D eigenvalue weighted by Gasteiger charge is 1.69. The van der Waals surface area contributed by atoms with Crippen molar-refractivity contribution in [1.29, 1.82) is 0 Å². The van der Waals surface area contributed by atoms with E-state index in [1.807, 2.05) is 47.2 Å². The van der Waals surface area contributed by atoms with Crippen LogP contribution >= 0.6 is 11.3 Å². The largest absolute Gasteiger partial charge is 0.394 e. The van der Waals surface area contributed by atoms with Gasteiger partial charge in [-0.25, -0.2) is 0 Å². The average molecular weight is 196 g/mol. The molecule has 1 nitrogen and oxygen atoms in total. The molecule has 0 amide bonds. The summed E-state index contributed by atoms with van der Waals surface area (Å²) in [5.74, 6) is 0. The van der Waals surface area contributed by atoms with Gasteiger partial charge in [-0.3, -0.25) is 0 Å². The Morgan fingerprint density at radius 1 is 0.846 bits per heavy atom. The van der Waals surface area contributed by atoms with Gasteiger partial charge in [0.05, 0.1) is 0 Å². The summed E-state index contributed by atoms with van der Waals surface area (Å²) in [6, 6.07) is 12.1. The molecule has 2 heteroatoms. The van der Waals surface area contributed by atoms with Crippen molar-refractivity contribution in [1.82, 2.24) is 0 Å². The van der Waals surface area contributed by atoms with Crippen molar-refractivity contribution in [2.24, 2.45) is 0 Å². The van der Waals surface area contributed by atoms with E-state index in [1.165, 1.54) is 0 Å². The summed E-state index contributed by atoms with van der Waals surface area (Å²) in [6.07, 6.45) is -0.167. The van der Waals surface area contributed by atoms with Crippen LogP contribution in [-0.2, 0) is 0 Å². The first-order valence-corrected chi connectivity index (χ1v) is 5.16. The van der Waals surface area contributed by atoms with Crippen molar-refractivity contribution in [3.8, 4) is 0 Å². The Kier molecular flexibility index (Phi) is 8.62. The van der Waals surface area contributed by atoms with Crippen LogP contribution in [0.5, 0.6) is 0 Å². The van der Waals surface area contributed by atoms with Gasteiger partial charge in [0.1, 0.15) is 0 Å². The topological polar surface area (TPSA) is 20.2 Å². The van der Waals surface area contributed by atoms with E-state index in [9.17, 15) is 0 Å².